The van der Waals surface area contributed by atoms with E-state index >= 15 is 0 Å². The third-order valence-electron chi connectivity index (χ3n) is 5.34. The minimum absolute atomic E-state index is 0.111. The lowest BCUT2D eigenvalue weighted by molar-refractivity contribution is 0.0646. The lowest BCUT2D eigenvalue weighted by atomic mass is 9.99. The normalized spacial score (nSPS) is 15.8. The van der Waals surface area contributed by atoms with Gasteiger partial charge >= 0.3 is 11.8 Å². The van der Waals surface area contributed by atoms with E-state index in [1.54, 1.807) is 35.6 Å². The average molecular weight is 431 g/mol. The monoisotopic (exact) mass is 431 g/mol. The summed E-state index contributed by atoms with van der Waals surface area (Å²) in [4.78, 5) is 30.4. The van der Waals surface area contributed by atoms with Crippen molar-refractivity contribution in [2.24, 2.45) is 0 Å². The maximum Gasteiger partial charge on any atom is 0.312 e. The van der Waals surface area contributed by atoms with Crippen molar-refractivity contribution in [3.8, 4) is 11.6 Å². The Bertz CT molecular complexity index is 1440. The third kappa shape index (κ3) is 2.84. The first-order valence-electron chi connectivity index (χ1n) is 9.76. The number of hydrogen-bond donors (Lipinski definition) is 1. The van der Waals surface area contributed by atoms with Crippen LogP contribution >= 0.6 is 0 Å². The summed E-state index contributed by atoms with van der Waals surface area (Å²) in [6.45, 7) is 0.361. The third-order valence-corrected chi connectivity index (χ3v) is 5.34. The van der Waals surface area contributed by atoms with Crippen molar-refractivity contribution in [3.05, 3.63) is 78.1 Å². The molecule has 1 amide bonds. The van der Waals surface area contributed by atoms with Crippen LogP contribution < -0.4 is 0 Å². The highest BCUT2D eigenvalue weighted by Gasteiger charge is 2.38. The molecule has 158 valence electrons. The number of rotatable bonds is 3. The Hall–Kier alpha value is -4.48. The molecule has 1 atom stereocenters. The summed E-state index contributed by atoms with van der Waals surface area (Å²) in [5.74, 6) is -0.959. The number of aromatic amines is 1. The van der Waals surface area contributed by atoms with Gasteiger partial charge in [0, 0.05) is 31.1 Å². The number of H-pyrrole nitrogens is 1. The molecule has 0 bridgehead atoms. The Labute approximate surface area is 179 Å². The van der Waals surface area contributed by atoms with E-state index in [1.165, 1.54) is 23.1 Å². The summed E-state index contributed by atoms with van der Waals surface area (Å²) in [6.07, 6.45) is 6.67. The lowest BCUT2D eigenvalue weighted by Crippen LogP contribution is -2.41. The molecule has 11 nitrogen and oxygen atoms in total. The van der Waals surface area contributed by atoms with Crippen molar-refractivity contribution in [3.63, 3.8) is 0 Å². The first-order chi connectivity index (χ1) is 15.7. The maximum atomic E-state index is 14.3. The Balaban J connectivity index is 1.41. The van der Waals surface area contributed by atoms with Crippen LogP contribution in [-0.4, -0.2) is 57.1 Å². The van der Waals surface area contributed by atoms with Gasteiger partial charge in [-0.15, -0.1) is 10.2 Å². The Kier molecular flexibility index (Phi) is 4.03. The number of amides is 1. The molecule has 0 saturated heterocycles. The van der Waals surface area contributed by atoms with Gasteiger partial charge in [-0.05, 0) is 24.3 Å². The summed E-state index contributed by atoms with van der Waals surface area (Å²) >= 11 is 0. The Morgan fingerprint density at radius 2 is 2.19 bits per heavy atom. The fourth-order valence-electron chi connectivity index (χ4n) is 3.88. The number of halogens is 1. The van der Waals surface area contributed by atoms with Crippen LogP contribution in [0.4, 0.5) is 4.39 Å². The summed E-state index contributed by atoms with van der Waals surface area (Å²) in [5.41, 5.74) is 2.73. The van der Waals surface area contributed by atoms with Gasteiger partial charge in [-0.25, -0.2) is 23.9 Å². The zero-order valence-electron chi connectivity index (χ0n) is 16.4. The quantitative estimate of drug-likeness (QED) is 0.458. The highest BCUT2D eigenvalue weighted by Crippen LogP contribution is 2.34. The lowest BCUT2D eigenvalue weighted by Gasteiger charge is -2.32. The van der Waals surface area contributed by atoms with E-state index in [2.05, 4.69) is 35.2 Å². The first kappa shape index (κ1) is 18.3. The van der Waals surface area contributed by atoms with Gasteiger partial charge in [0.25, 0.3) is 5.89 Å². The van der Waals surface area contributed by atoms with Gasteiger partial charge in [0.2, 0.25) is 0 Å². The number of imidazole rings is 1. The van der Waals surface area contributed by atoms with Crippen molar-refractivity contribution >= 4 is 11.4 Å². The SMILES string of the molecule is O=C(c1nnc(-c2ccncn2)o1)N1CCc2[nH]cnc2[C@@H]1c1cc2c(F)cccn2n1. The van der Waals surface area contributed by atoms with Crippen LogP contribution in [0.3, 0.4) is 0 Å². The molecule has 0 aromatic carbocycles. The number of pyridine rings is 1. The first-order valence-corrected chi connectivity index (χ1v) is 9.76. The van der Waals surface area contributed by atoms with E-state index in [4.69, 9.17) is 4.42 Å². The number of fused-ring (bicyclic) bond motifs is 2. The van der Waals surface area contributed by atoms with E-state index in [1.807, 2.05) is 0 Å². The van der Waals surface area contributed by atoms with Gasteiger partial charge in [-0.3, -0.25) is 4.79 Å². The number of hydrogen-bond acceptors (Lipinski definition) is 8. The number of nitrogens with one attached hydrogen (secondary N) is 1. The van der Waals surface area contributed by atoms with Gasteiger partial charge in [-0.2, -0.15) is 5.10 Å². The summed E-state index contributed by atoms with van der Waals surface area (Å²) < 4.78 is 21.3. The molecule has 32 heavy (non-hydrogen) atoms. The van der Waals surface area contributed by atoms with E-state index in [-0.39, 0.29) is 11.8 Å². The van der Waals surface area contributed by atoms with Crippen LogP contribution in [0.15, 0.2) is 53.7 Å². The van der Waals surface area contributed by atoms with Gasteiger partial charge in [-0.1, -0.05) is 0 Å². The van der Waals surface area contributed by atoms with E-state index in [9.17, 15) is 9.18 Å². The van der Waals surface area contributed by atoms with E-state index in [0.717, 1.165) is 5.69 Å². The minimum Gasteiger partial charge on any atom is -0.411 e. The van der Waals surface area contributed by atoms with Gasteiger partial charge in [0.1, 0.15) is 29.4 Å². The molecular weight excluding hydrogens is 417 g/mol. The van der Waals surface area contributed by atoms with Gasteiger partial charge < -0.3 is 14.3 Å². The van der Waals surface area contributed by atoms with Crippen LogP contribution in [0.5, 0.6) is 0 Å². The van der Waals surface area contributed by atoms with Crippen molar-refractivity contribution in [2.75, 3.05) is 6.54 Å². The van der Waals surface area contributed by atoms with E-state index < -0.39 is 17.8 Å². The van der Waals surface area contributed by atoms with Crippen LogP contribution in [-0.2, 0) is 6.42 Å². The van der Waals surface area contributed by atoms with Crippen molar-refractivity contribution in [1.82, 2.24) is 44.6 Å². The van der Waals surface area contributed by atoms with Gasteiger partial charge in [0.05, 0.1) is 17.7 Å². The summed E-state index contributed by atoms with van der Waals surface area (Å²) in [6, 6.07) is 5.50. The topological polar surface area (TPSA) is 131 Å². The molecule has 0 spiro atoms. The fraction of sp³-hybridized carbons (Fsp3) is 0.150. The molecule has 0 saturated carbocycles. The molecule has 12 heteroatoms. The Morgan fingerprint density at radius 3 is 3.03 bits per heavy atom. The molecule has 0 fully saturated rings. The second kappa shape index (κ2) is 7.04. The molecule has 5 aromatic rings. The number of aromatic nitrogens is 8. The molecule has 0 radical (unpaired) electrons. The van der Waals surface area contributed by atoms with Crippen LogP contribution in [0.1, 0.15) is 33.8 Å². The molecule has 1 aliphatic rings. The molecule has 5 aromatic heterocycles. The summed E-state index contributed by atoms with van der Waals surface area (Å²) in [5, 5.41) is 12.3. The summed E-state index contributed by atoms with van der Waals surface area (Å²) in [7, 11) is 0. The van der Waals surface area contributed by atoms with Crippen molar-refractivity contribution in [2.45, 2.75) is 12.5 Å². The molecule has 6 rings (SSSR count). The zero-order chi connectivity index (χ0) is 21.7. The smallest absolute Gasteiger partial charge is 0.312 e. The molecular formula is C20H14FN9O2. The molecule has 1 aliphatic heterocycles. The van der Waals surface area contributed by atoms with E-state index in [0.29, 0.717) is 35.6 Å². The predicted molar refractivity (Wildman–Crippen MR) is 106 cm³/mol. The zero-order valence-corrected chi connectivity index (χ0v) is 16.4. The van der Waals surface area contributed by atoms with Crippen LogP contribution in [0.25, 0.3) is 17.1 Å². The largest absolute Gasteiger partial charge is 0.411 e. The minimum atomic E-state index is -0.647. The average Bonchev–Trinajstić information content (AvgIpc) is 3.58. The fourth-order valence-corrected chi connectivity index (χ4v) is 3.88. The second-order valence-corrected chi connectivity index (χ2v) is 7.18. The molecule has 0 unspecified atom stereocenters. The molecule has 0 aliphatic carbocycles. The molecule has 6 heterocycles. The Morgan fingerprint density at radius 1 is 1.25 bits per heavy atom. The van der Waals surface area contributed by atoms with Crippen molar-refractivity contribution < 1.29 is 13.6 Å². The van der Waals surface area contributed by atoms with Crippen LogP contribution in [0.2, 0.25) is 0 Å². The molecule has 1 N–H and O–H groups in total. The highest BCUT2D eigenvalue weighted by atomic mass is 19.1. The second-order valence-electron chi connectivity index (χ2n) is 7.18. The van der Waals surface area contributed by atoms with Gasteiger partial charge in [0.15, 0.2) is 0 Å². The number of carbonyl (C=O) groups is 1. The standard InChI is InChI=1S/C20H14FN9O2/c21-11-2-1-6-30-15(11)8-14(28-30)17-16-12(24-10-25-16)4-7-29(17)20(31)19-27-26-18(32-19)13-3-5-22-9-23-13/h1-3,5-6,8-10,17H,4,7H2,(H,24,25)/t17-/m0/s1. The maximum absolute atomic E-state index is 14.3. The van der Waals surface area contributed by atoms with Crippen LogP contribution in [0, 0.1) is 5.82 Å². The van der Waals surface area contributed by atoms with Crippen molar-refractivity contribution in [1.29, 1.82) is 0 Å². The number of carbonyl (C=O) groups excluding carboxylic acids is 1. The number of nitrogens with zero attached hydrogens (tertiary/aromatic N) is 8. The predicted octanol–water partition coefficient (Wildman–Crippen LogP) is 1.82. The highest BCUT2D eigenvalue weighted by molar-refractivity contribution is 5.90.